The Balaban J connectivity index is 1.86. The number of carbonyl (C=O) groups is 3. The number of hydrogen-bond donors (Lipinski definition) is 2. The van der Waals surface area contributed by atoms with E-state index in [0.29, 0.717) is 19.5 Å². The van der Waals surface area contributed by atoms with Gasteiger partial charge in [0.05, 0.1) is 24.5 Å². The lowest BCUT2D eigenvalue weighted by Gasteiger charge is -2.34. The molecule has 0 saturated carbocycles. The molecule has 3 aliphatic heterocycles. The van der Waals surface area contributed by atoms with Crippen molar-refractivity contribution in [1.82, 2.24) is 10.2 Å². The minimum absolute atomic E-state index is 0.110. The number of carbonyl (C=O) groups excluding carboxylic acids is 3. The highest BCUT2D eigenvalue weighted by Gasteiger charge is 2.76. The zero-order valence-corrected chi connectivity index (χ0v) is 20.1. The van der Waals surface area contributed by atoms with Crippen LogP contribution in [0.5, 0.6) is 0 Å². The van der Waals surface area contributed by atoms with Crippen LogP contribution in [0.1, 0.15) is 58.8 Å². The fourth-order valence-corrected chi connectivity index (χ4v) is 6.35. The Morgan fingerprint density at radius 3 is 2.68 bits per heavy atom. The van der Waals surface area contributed by atoms with E-state index in [1.165, 1.54) is 0 Å². The summed E-state index contributed by atoms with van der Waals surface area (Å²) in [4.78, 5) is 41.2. The lowest BCUT2D eigenvalue weighted by atomic mass is 9.70. The molecule has 3 fully saturated rings. The van der Waals surface area contributed by atoms with Gasteiger partial charge in [0.15, 0.2) is 0 Å². The maximum absolute atomic E-state index is 13.6. The third-order valence-corrected chi connectivity index (χ3v) is 7.58. The van der Waals surface area contributed by atoms with E-state index in [-0.39, 0.29) is 29.9 Å². The van der Waals surface area contributed by atoms with Crippen molar-refractivity contribution >= 4 is 33.7 Å². The van der Waals surface area contributed by atoms with Crippen LogP contribution < -0.4 is 5.32 Å². The van der Waals surface area contributed by atoms with Crippen LogP contribution >= 0.6 is 15.9 Å². The lowest BCUT2D eigenvalue weighted by molar-refractivity contribution is -0.154. The number of fused-ring (bicyclic) bond motifs is 1. The molecule has 0 aliphatic carbocycles. The van der Waals surface area contributed by atoms with Crippen molar-refractivity contribution in [3.63, 3.8) is 0 Å². The van der Waals surface area contributed by atoms with E-state index in [4.69, 9.17) is 14.6 Å². The highest BCUT2D eigenvalue weighted by molar-refractivity contribution is 9.09. The molecule has 0 aromatic carbocycles. The third-order valence-electron chi connectivity index (χ3n) is 6.73. The highest BCUT2D eigenvalue weighted by atomic mass is 79.9. The second-order valence-corrected chi connectivity index (χ2v) is 9.91. The van der Waals surface area contributed by atoms with Crippen LogP contribution in [0.3, 0.4) is 0 Å². The summed E-state index contributed by atoms with van der Waals surface area (Å²) in [5.41, 5.74) is -1.01. The van der Waals surface area contributed by atoms with Crippen molar-refractivity contribution < 1.29 is 29.0 Å². The summed E-state index contributed by atoms with van der Waals surface area (Å²) >= 11 is 3.63. The van der Waals surface area contributed by atoms with Gasteiger partial charge in [-0.1, -0.05) is 42.1 Å². The molecule has 176 valence electrons. The third kappa shape index (κ3) is 4.50. The molecule has 3 aliphatic rings. The van der Waals surface area contributed by atoms with Crippen molar-refractivity contribution in [3.05, 3.63) is 0 Å². The summed E-state index contributed by atoms with van der Waals surface area (Å²) < 4.78 is 11.6. The molecule has 0 aromatic rings. The van der Waals surface area contributed by atoms with Crippen LogP contribution in [0.25, 0.3) is 0 Å². The van der Waals surface area contributed by atoms with Crippen molar-refractivity contribution in [2.75, 3.05) is 26.3 Å². The highest BCUT2D eigenvalue weighted by Crippen LogP contribution is 2.60. The molecule has 2 bridgehead atoms. The molecule has 3 saturated heterocycles. The van der Waals surface area contributed by atoms with Crippen LogP contribution in [0.2, 0.25) is 0 Å². The molecule has 2 amide bonds. The van der Waals surface area contributed by atoms with E-state index in [9.17, 15) is 14.4 Å². The molecule has 3 heterocycles. The molecule has 2 N–H and O–H groups in total. The van der Waals surface area contributed by atoms with Crippen molar-refractivity contribution in [2.45, 2.75) is 81.4 Å². The van der Waals surface area contributed by atoms with Gasteiger partial charge < -0.3 is 24.8 Å². The summed E-state index contributed by atoms with van der Waals surface area (Å²) in [7, 11) is 0. The predicted molar refractivity (Wildman–Crippen MR) is 118 cm³/mol. The second kappa shape index (κ2) is 10.6. The number of alkyl halides is 1. The number of ether oxygens (including phenoxy) is 2. The average molecular weight is 503 g/mol. The molecule has 6 atom stereocenters. The van der Waals surface area contributed by atoms with Gasteiger partial charge in [0.25, 0.3) is 0 Å². The Kier molecular flexibility index (Phi) is 8.37. The SMILES string of the molecule is CCCCNC(=O)[C@@H]1N(CCCCCCO)C(=O)[C@H]2[C@H](C(=O)OCC)[C@H]3O[C@@]12CC3Br. The van der Waals surface area contributed by atoms with E-state index in [2.05, 4.69) is 28.2 Å². The van der Waals surface area contributed by atoms with Crippen molar-refractivity contribution in [1.29, 1.82) is 0 Å². The summed E-state index contributed by atoms with van der Waals surface area (Å²) in [6.07, 6.45) is 5.05. The first kappa shape index (κ1) is 24.5. The van der Waals surface area contributed by atoms with E-state index < -0.39 is 35.6 Å². The van der Waals surface area contributed by atoms with Crippen molar-refractivity contribution in [3.8, 4) is 0 Å². The van der Waals surface area contributed by atoms with Crippen LogP contribution in [0.4, 0.5) is 0 Å². The Morgan fingerprint density at radius 2 is 2.00 bits per heavy atom. The van der Waals surface area contributed by atoms with Crippen LogP contribution in [0, 0.1) is 11.8 Å². The van der Waals surface area contributed by atoms with Crippen LogP contribution in [0.15, 0.2) is 0 Å². The number of nitrogens with zero attached hydrogens (tertiary/aromatic N) is 1. The van der Waals surface area contributed by atoms with Gasteiger partial charge in [0.2, 0.25) is 11.8 Å². The molecular weight excluding hydrogens is 468 g/mol. The first-order valence-corrected chi connectivity index (χ1v) is 12.5. The largest absolute Gasteiger partial charge is 0.466 e. The fraction of sp³-hybridized carbons (Fsp3) is 0.864. The van der Waals surface area contributed by atoms with Gasteiger partial charge in [-0.2, -0.15) is 0 Å². The lowest BCUT2D eigenvalue weighted by Crippen LogP contribution is -2.56. The van der Waals surface area contributed by atoms with Crippen LogP contribution in [-0.2, 0) is 23.9 Å². The fourth-order valence-electron chi connectivity index (χ4n) is 5.41. The van der Waals surface area contributed by atoms with Gasteiger partial charge >= 0.3 is 5.97 Å². The number of nitrogens with one attached hydrogen (secondary N) is 1. The number of aliphatic hydroxyl groups excluding tert-OH is 1. The smallest absolute Gasteiger partial charge is 0.312 e. The first-order valence-electron chi connectivity index (χ1n) is 11.6. The first-order chi connectivity index (χ1) is 14.9. The quantitative estimate of drug-likeness (QED) is 0.239. The Hall–Kier alpha value is -1.19. The minimum Gasteiger partial charge on any atom is -0.466 e. The van der Waals surface area contributed by atoms with E-state index in [0.717, 1.165) is 38.5 Å². The van der Waals surface area contributed by atoms with Crippen LogP contribution in [-0.4, -0.2) is 76.7 Å². The molecule has 1 spiro atoms. The second-order valence-electron chi connectivity index (χ2n) is 8.73. The van der Waals surface area contributed by atoms with Gasteiger partial charge in [-0.25, -0.2) is 0 Å². The van der Waals surface area contributed by atoms with Gasteiger partial charge in [0.1, 0.15) is 11.6 Å². The average Bonchev–Trinajstić information content (AvgIpc) is 3.32. The molecule has 9 heteroatoms. The number of likely N-dealkylation sites (tertiary alicyclic amines) is 1. The topological polar surface area (TPSA) is 105 Å². The number of rotatable bonds is 12. The van der Waals surface area contributed by atoms with Crippen molar-refractivity contribution in [2.24, 2.45) is 11.8 Å². The normalized spacial score (nSPS) is 33.6. The summed E-state index contributed by atoms with van der Waals surface area (Å²) in [5.74, 6) is -2.20. The number of unbranched alkanes of at least 4 members (excludes halogenated alkanes) is 4. The summed E-state index contributed by atoms with van der Waals surface area (Å²) in [6.45, 7) is 5.17. The number of amides is 2. The molecule has 31 heavy (non-hydrogen) atoms. The Bertz CT molecular complexity index is 676. The molecule has 0 aromatic heterocycles. The molecule has 1 unspecified atom stereocenters. The minimum atomic E-state index is -1.01. The zero-order chi connectivity index (χ0) is 22.6. The van der Waals surface area contributed by atoms with Gasteiger partial charge in [-0.3, -0.25) is 14.4 Å². The maximum Gasteiger partial charge on any atom is 0.312 e. The molecule has 8 nitrogen and oxygen atoms in total. The number of halogens is 1. The van der Waals surface area contributed by atoms with E-state index in [1.807, 2.05) is 0 Å². The number of esters is 1. The zero-order valence-electron chi connectivity index (χ0n) is 18.5. The standard InChI is InChI=1S/C22H35BrN2O6/c1-3-5-10-24-19(27)18-22-13-14(23)17(31-22)15(21(29)30-4-2)16(22)20(28)25(18)11-8-6-7-9-12-26/h14-18,26H,3-13H2,1-2H3,(H,24,27)/t14?,15-,16+,17-,18-,22+/m0/s1. The monoisotopic (exact) mass is 502 g/mol. The predicted octanol–water partition coefficient (Wildman–Crippen LogP) is 1.77. The Labute approximate surface area is 192 Å². The van der Waals surface area contributed by atoms with E-state index in [1.54, 1.807) is 11.8 Å². The molecule has 3 rings (SSSR count). The number of hydrogen-bond acceptors (Lipinski definition) is 6. The molecular formula is C22H35BrN2O6. The van der Waals surface area contributed by atoms with Gasteiger partial charge in [-0.15, -0.1) is 0 Å². The molecule has 0 radical (unpaired) electrons. The Morgan fingerprint density at radius 1 is 1.26 bits per heavy atom. The van der Waals surface area contributed by atoms with E-state index >= 15 is 0 Å². The number of aliphatic hydroxyl groups is 1. The summed E-state index contributed by atoms with van der Waals surface area (Å²) in [5, 5.41) is 12.0. The van der Waals surface area contributed by atoms with Gasteiger partial charge in [0, 0.05) is 24.5 Å². The van der Waals surface area contributed by atoms with Gasteiger partial charge in [-0.05, 0) is 32.6 Å². The maximum atomic E-state index is 13.6. The summed E-state index contributed by atoms with van der Waals surface area (Å²) in [6, 6.07) is -0.746.